The van der Waals surface area contributed by atoms with E-state index in [0.29, 0.717) is 25.2 Å². The number of nitrogens with zero attached hydrogens (tertiary/aromatic N) is 2. The van der Waals surface area contributed by atoms with Gasteiger partial charge < -0.3 is 10.0 Å². The van der Waals surface area contributed by atoms with Gasteiger partial charge in [0.25, 0.3) is 0 Å². The van der Waals surface area contributed by atoms with E-state index in [1.54, 1.807) is 17.2 Å². The highest BCUT2D eigenvalue weighted by Crippen LogP contribution is 2.22. The van der Waals surface area contributed by atoms with Crippen molar-refractivity contribution in [1.29, 1.82) is 0 Å². The Morgan fingerprint density at radius 1 is 1.62 bits per heavy atom. The SMILES string of the molecule is CC1(O)CCCN(C(=O)Cc2csc(NS(C)(=O)=O)n2)C1. The number of anilines is 1. The minimum atomic E-state index is -3.36. The van der Waals surface area contributed by atoms with E-state index in [2.05, 4.69) is 9.71 Å². The third kappa shape index (κ3) is 4.94. The van der Waals surface area contributed by atoms with Crippen LogP contribution in [0.1, 0.15) is 25.5 Å². The van der Waals surface area contributed by atoms with Gasteiger partial charge in [0.1, 0.15) is 0 Å². The molecule has 0 spiro atoms. The highest BCUT2D eigenvalue weighted by atomic mass is 32.2. The summed E-state index contributed by atoms with van der Waals surface area (Å²) < 4.78 is 24.5. The van der Waals surface area contributed by atoms with Gasteiger partial charge in [0.15, 0.2) is 5.13 Å². The maximum atomic E-state index is 12.2. The number of sulfonamides is 1. The third-order valence-corrected chi connectivity index (χ3v) is 4.68. The summed E-state index contributed by atoms with van der Waals surface area (Å²) in [5.41, 5.74) is -0.305. The zero-order valence-corrected chi connectivity index (χ0v) is 13.6. The van der Waals surface area contributed by atoms with Gasteiger partial charge in [-0.25, -0.2) is 13.4 Å². The van der Waals surface area contributed by atoms with Crippen LogP contribution in [0, 0.1) is 0 Å². The molecule has 2 heterocycles. The number of aromatic nitrogens is 1. The zero-order chi connectivity index (χ0) is 15.7. The molecule has 7 nitrogen and oxygen atoms in total. The zero-order valence-electron chi connectivity index (χ0n) is 12.0. The highest BCUT2D eigenvalue weighted by Gasteiger charge is 2.31. The Morgan fingerprint density at radius 3 is 2.95 bits per heavy atom. The second-order valence-corrected chi connectivity index (χ2v) is 8.22. The largest absolute Gasteiger partial charge is 0.388 e. The molecule has 0 saturated carbocycles. The molecule has 21 heavy (non-hydrogen) atoms. The molecule has 1 saturated heterocycles. The molecular weight excluding hydrogens is 314 g/mol. The van der Waals surface area contributed by atoms with Crippen LogP contribution in [0.15, 0.2) is 5.38 Å². The molecule has 0 bridgehead atoms. The Balaban J connectivity index is 1.97. The summed E-state index contributed by atoms with van der Waals surface area (Å²) in [5, 5.41) is 11.9. The first kappa shape index (κ1) is 16.2. The summed E-state index contributed by atoms with van der Waals surface area (Å²) in [7, 11) is -3.36. The lowest BCUT2D eigenvalue weighted by Crippen LogP contribution is -2.49. The van der Waals surface area contributed by atoms with Crippen LogP contribution in [0.2, 0.25) is 0 Å². The van der Waals surface area contributed by atoms with Crippen molar-refractivity contribution in [2.24, 2.45) is 0 Å². The highest BCUT2D eigenvalue weighted by molar-refractivity contribution is 7.92. The van der Waals surface area contributed by atoms with Crippen LogP contribution in [-0.4, -0.2) is 54.3 Å². The fourth-order valence-corrected chi connectivity index (χ4v) is 3.86. The molecule has 1 aromatic rings. The molecule has 1 fully saturated rings. The number of hydrogen-bond donors (Lipinski definition) is 2. The van der Waals surface area contributed by atoms with Crippen molar-refractivity contribution in [2.75, 3.05) is 24.1 Å². The molecule has 118 valence electrons. The molecule has 9 heteroatoms. The Labute approximate surface area is 128 Å². The number of likely N-dealkylation sites (tertiary alicyclic amines) is 1. The number of carbonyl (C=O) groups is 1. The minimum absolute atomic E-state index is 0.105. The Morgan fingerprint density at radius 2 is 2.33 bits per heavy atom. The average Bonchev–Trinajstić information content (AvgIpc) is 2.72. The first-order valence-electron chi connectivity index (χ1n) is 6.57. The molecule has 1 aromatic heterocycles. The third-order valence-electron chi connectivity index (χ3n) is 3.18. The van der Waals surface area contributed by atoms with Crippen molar-refractivity contribution in [3.05, 3.63) is 11.1 Å². The van der Waals surface area contributed by atoms with Crippen LogP contribution < -0.4 is 4.72 Å². The van der Waals surface area contributed by atoms with Crippen LogP contribution in [0.5, 0.6) is 0 Å². The van der Waals surface area contributed by atoms with Crippen LogP contribution in [0.25, 0.3) is 0 Å². The number of rotatable bonds is 4. The number of nitrogens with one attached hydrogen (secondary N) is 1. The summed E-state index contributed by atoms with van der Waals surface area (Å²) in [5.74, 6) is -0.105. The molecule has 0 aromatic carbocycles. The maximum Gasteiger partial charge on any atom is 0.231 e. The lowest BCUT2D eigenvalue weighted by atomic mass is 9.95. The summed E-state index contributed by atoms with van der Waals surface area (Å²) in [6, 6.07) is 0. The number of β-amino-alcohol motifs (C(OH)–C–C–N with tert-alkyl or cyclic N) is 1. The van der Waals surface area contributed by atoms with Crippen LogP contribution in [-0.2, 0) is 21.2 Å². The van der Waals surface area contributed by atoms with Gasteiger partial charge in [-0.3, -0.25) is 9.52 Å². The van der Waals surface area contributed by atoms with Crippen molar-refractivity contribution >= 4 is 32.4 Å². The Bertz CT molecular complexity index is 624. The fraction of sp³-hybridized carbons (Fsp3) is 0.667. The molecule has 1 aliphatic heterocycles. The molecule has 2 rings (SSSR count). The molecular formula is C12H19N3O4S2. The maximum absolute atomic E-state index is 12.2. The molecule has 1 aliphatic rings. The molecule has 0 aliphatic carbocycles. The van der Waals surface area contributed by atoms with Gasteiger partial charge >= 0.3 is 0 Å². The Kier molecular flexibility index (Phi) is 4.54. The van der Waals surface area contributed by atoms with Crippen molar-refractivity contribution in [3.8, 4) is 0 Å². The van der Waals surface area contributed by atoms with E-state index in [9.17, 15) is 18.3 Å². The molecule has 1 amide bonds. The predicted molar refractivity (Wildman–Crippen MR) is 80.7 cm³/mol. The van der Waals surface area contributed by atoms with E-state index in [1.165, 1.54) is 0 Å². The molecule has 2 N–H and O–H groups in total. The number of piperidine rings is 1. The molecule has 1 atom stereocenters. The van der Waals surface area contributed by atoms with Gasteiger partial charge in [0.05, 0.1) is 24.0 Å². The summed E-state index contributed by atoms with van der Waals surface area (Å²) in [6.07, 6.45) is 2.62. The van der Waals surface area contributed by atoms with Gasteiger partial charge in [-0.2, -0.15) is 0 Å². The lowest BCUT2D eigenvalue weighted by Gasteiger charge is -2.36. The monoisotopic (exact) mass is 333 g/mol. The first-order chi connectivity index (χ1) is 9.65. The number of amides is 1. The lowest BCUT2D eigenvalue weighted by molar-refractivity contribution is -0.136. The first-order valence-corrected chi connectivity index (χ1v) is 9.34. The van der Waals surface area contributed by atoms with Gasteiger partial charge in [0.2, 0.25) is 15.9 Å². The van der Waals surface area contributed by atoms with Gasteiger partial charge in [0, 0.05) is 18.5 Å². The van der Waals surface area contributed by atoms with Gasteiger partial charge in [-0.1, -0.05) is 0 Å². The van der Waals surface area contributed by atoms with E-state index >= 15 is 0 Å². The van der Waals surface area contributed by atoms with E-state index in [4.69, 9.17) is 0 Å². The summed E-state index contributed by atoms with van der Waals surface area (Å²) >= 11 is 1.14. The van der Waals surface area contributed by atoms with Crippen molar-refractivity contribution < 1.29 is 18.3 Å². The molecule has 1 unspecified atom stereocenters. The van der Waals surface area contributed by atoms with Crippen molar-refractivity contribution in [2.45, 2.75) is 31.8 Å². The smallest absolute Gasteiger partial charge is 0.231 e. The number of thiazole rings is 1. The van der Waals surface area contributed by atoms with Gasteiger partial charge in [-0.05, 0) is 19.8 Å². The van der Waals surface area contributed by atoms with E-state index in [1.807, 2.05) is 0 Å². The fourth-order valence-electron chi connectivity index (χ4n) is 2.29. The number of aliphatic hydroxyl groups is 1. The minimum Gasteiger partial charge on any atom is -0.388 e. The second-order valence-electron chi connectivity index (χ2n) is 5.61. The quantitative estimate of drug-likeness (QED) is 0.832. The number of hydrogen-bond acceptors (Lipinski definition) is 6. The van der Waals surface area contributed by atoms with Crippen LogP contribution >= 0.6 is 11.3 Å². The van der Waals surface area contributed by atoms with Crippen LogP contribution in [0.3, 0.4) is 0 Å². The van der Waals surface area contributed by atoms with Crippen molar-refractivity contribution in [1.82, 2.24) is 9.88 Å². The van der Waals surface area contributed by atoms with Crippen LogP contribution in [0.4, 0.5) is 5.13 Å². The van der Waals surface area contributed by atoms with E-state index in [0.717, 1.165) is 24.0 Å². The van der Waals surface area contributed by atoms with Gasteiger partial charge in [-0.15, -0.1) is 11.3 Å². The predicted octanol–water partition coefficient (Wildman–Crippen LogP) is 0.430. The average molecular weight is 333 g/mol. The normalized spacial score (nSPS) is 23.1. The van der Waals surface area contributed by atoms with Crippen molar-refractivity contribution in [3.63, 3.8) is 0 Å². The van der Waals surface area contributed by atoms with E-state index in [-0.39, 0.29) is 17.5 Å². The van der Waals surface area contributed by atoms with E-state index < -0.39 is 15.6 Å². The summed E-state index contributed by atoms with van der Waals surface area (Å²) in [4.78, 5) is 17.9. The second kappa shape index (κ2) is 5.90. The Hall–Kier alpha value is -1.19. The molecule has 0 radical (unpaired) electrons. The number of carbonyl (C=O) groups excluding carboxylic acids is 1. The summed E-state index contributed by atoms with van der Waals surface area (Å²) in [6.45, 7) is 2.68. The topological polar surface area (TPSA) is 99.6 Å². The standard InChI is InChI=1S/C12H19N3O4S2/c1-12(17)4-3-5-15(8-12)10(16)6-9-7-20-11(13-9)14-21(2,18)19/h7,17H,3-6,8H2,1-2H3,(H,13,14).